The quantitative estimate of drug-likeness (QED) is 0.751. The van der Waals surface area contributed by atoms with Crippen molar-refractivity contribution >= 4 is 17.5 Å². The van der Waals surface area contributed by atoms with Crippen LogP contribution in [0.15, 0.2) is 24.3 Å². The molecular weight excluding hydrogens is 332 g/mol. The lowest BCUT2D eigenvalue weighted by atomic mass is 10.2. The van der Waals surface area contributed by atoms with Gasteiger partial charge in [0, 0.05) is 51.0 Å². The van der Waals surface area contributed by atoms with Gasteiger partial charge in [0.25, 0.3) is 0 Å². The smallest absolute Gasteiger partial charge is 0.238 e. The van der Waals surface area contributed by atoms with Crippen molar-refractivity contribution in [3.05, 3.63) is 24.3 Å². The second-order valence-electron chi connectivity index (χ2n) is 6.40. The van der Waals surface area contributed by atoms with E-state index in [-0.39, 0.29) is 11.8 Å². The highest BCUT2D eigenvalue weighted by Gasteiger charge is 2.22. The minimum atomic E-state index is -0.0362. The zero-order valence-electron chi connectivity index (χ0n) is 16.0. The third-order valence-corrected chi connectivity index (χ3v) is 4.66. The molecule has 1 heterocycles. The van der Waals surface area contributed by atoms with E-state index in [2.05, 4.69) is 15.1 Å². The van der Waals surface area contributed by atoms with Crippen LogP contribution in [0.4, 0.5) is 5.69 Å². The summed E-state index contributed by atoms with van der Waals surface area (Å²) in [6.07, 6.45) is 0. The fourth-order valence-electron chi connectivity index (χ4n) is 3.08. The molecule has 0 aromatic heterocycles. The van der Waals surface area contributed by atoms with Gasteiger partial charge in [0.1, 0.15) is 5.75 Å². The number of rotatable bonds is 8. The Morgan fingerprint density at radius 2 is 1.69 bits per heavy atom. The standard InChI is InChI=1S/C19H30N4O3/c1-4-23(5-2)19(25)15-22-11-9-21(10-12-22)14-18(24)20-16-7-6-8-17(13-16)26-3/h6-8,13H,4-5,9-12,14-15H2,1-3H3,(H,20,24). The van der Waals surface area contributed by atoms with E-state index in [9.17, 15) is 9.59 Å². The molecule has 0 radical (unpaired) electrons. The van der Waals surface area contributed by atoms with Crippen LogP contribution in [0.2, 0.25) is 0 Å². The predicted molar refractivity (Wildman–Crippen MR) is 102 cm³/mol. The van der Waals surface area contributed by atoms with Crippen LogP contribution >= 0.6 is 0 Å². The average Bonchev–Trinajstić information content (AvgIpc) is 2.64. The fourth-order valence-corrected chi connectivity index (χ4v) is 3.08. The number of nitrogens with zero attached hydrogens (tertiary/aromatic N) is 3. The first kappa shape index (κ1) is 20.2. The molecular formula is C19H30N4O3. The number of carbonyl (C=O) groups is 2. The number of piperazine rings is 1. The molecule has 7 heteroatoms. The molecule has 1 aromatic rings. The molecule has 1 saturated heterocycles. The normalized spacial score (nSPS) is 15.5. The van der Waals surface area contributed by atoms with E-state index in [1.807, 2.05) is 36.9 Å². The van der Waals surface area contributed by atoms with Crippen molar-refractivity contribution in [1.82, 2.24) is 14.7 Å². The highest BCUT2D eigenvalue weighted by Crippen LogP contribution is 2.16. The first-order chi connectivity index (χ1) is 12.5. The Morgan fingerprint density at radius 3 is 2.27 bits per heavy atom. The van der Waals surface area contributed by atoms with Gasteiger partial charge in [0.05, 0.1) is 20.2 Å². The first-order valence-corrected chi connectivity index (χ1v) is 9.22. The monoisotopic (exact) mass is 362 g/mol. The van der Waals surface area contributed by atoms with E-state index in [0.717, 1.165) is 45.0 Å². The third kappa shape index (κ3) is 6.00. The van der Waals surface area contributed by atoms with Gasteiger partial charge in [-0.2, -0.15) is 0 Å². The Hall–Kier alpha value is -2.12. The Labute approximate surface area is 155 Å². The third-order valence-electron chi connectivity index (χ3n) is 4.66. The van der Waals surface area contributed by atoms with E-state index >= 15 is 0 Å². The second kappa shape index (κ2) is 10.1. The summed E-state index contributed by atoms with van der Waals surface area (Å²) in [4.78, 5) is 30.6. The first-order valence-electron chi connectivity index (χ1n) is 9.22. The van der Waals surface area contributed by atoms with Crippen molar-refractivity contribution in [2.24, 2.45) is 0 Å². The average molecular weight is 362 g/mol. The molecule has 1 N–H and O–H groups in total. The lowest BCUT2D eigenvalue weighted by molar-refractivity contribution is -0.132. The lowest BCUT2D eigenvalue weighted by Crippen LogP contribution is -2.51. The summed E-state index contributed by atoms with van der Waals surface area (Å²) in [6.45, 7) is 9.51. The molecule has 0 saturated carbocycles. The maximum Gasteiger partial charge on any atom is 0.238 e. The Morgan fingerprint density at radius 1 is 1.08 bits per heavy atom. The summed E-state index contributed by atoms with van der Waals surface area (Å²) in [5.74, 6) is 0.861. The lowest BCUT2D eigenvalue weighted by Gasteiger charge is -2.34. The number of nitrogens with one attached hydrogen (secondary N) is 1. The number of hydrogen-bond donors (Lipinski definition) is 1. The molecule has 0 unspecified atom stereocenters. The summed E-state index contributed by atoms with van der Waals surface area (Å²) in [7, 11) is 1.60. The summed E-state index contributed by atoms with van der Waals surface area (Å²) >= 11 is 0. The topological polar surface area (TPSA) is 65.1 Å². The predicted octanol–water partition coefficient (Wildman–Crippen LogP) is 1.12. The van der Waals surface area contributed by atoms with Crippen molar-refractivity contribution in [1.29, 1.82) is 0 Å². The molecule has 1 aromatic carbocycles. The van der Waals surface area contributed by atoms with Gasteiger partial charge in [0.2, 0.25) is 11.8 Å². The number of hydrogen-bond acceptors (Lipinski definition) is 5. The van der Waals surface area contributed by atoms with Crippen LogP contribution in [-0.2, 0) is 9.59 Å². The second-order valence-corrected chi connectivity index (χ2v) is 6.40. The van der Waals surface area contributed by atoms with Crippen LogP contribution in [0.5, 0.6) is 5.75 Å². The van der Waals surface area contributed by atoms with Crippen LogP contribution in [-0.4, -0.2) is 86.0 Å². The van der Waals surface area contributed by atoms with Gasteiger partial charge in [-0.3, -0.25) is 19.4 Å². The van der Waals surface area contributed by atoms with Gasteiger partial charge < -0.3 is 15.0 Å². The van der Waals surface area contributed by atoms with Crippen LogP contribution in [0.1, 0.15) is 13.8 Å². The Balaban J connectivity index is 1.74. The summed E-state index contributed by atoms with van der Waals surface area (Å²) in [5, 5.41) is 2.90. The van der Waals surface area contributed by atoms with Gasteiger partial charge in [-0.25, -0.2) is 0 Å². The van der Waals surface area contributed by atoms with E-state index in [0.29, 0.717) is 18.8 Å². The molecule has 0 atom stereocenters. The highest BCUT2D eigenvalue weighted by atomic mass is 16.5. The maximum atomic E-state index is 12.2. The largest absolute Gasteiger partial charge is 0.497 e. The summed E-state index contributed by atoms with van der Waals surface area (Å²) < 4.78 is 5.16. The van der Waals surface area contributed by atoms with Crippen LogP contribution in [0, 0.1) is 0 Å². The molecule has 144 valence electrons. The zero-order chi connectivity index (χ0) is 18.9. The van der Waals surface area contributed by atoms with Crippen LogP contribution < -0.4 is 10.1 Å². The number of methoxy groups -OCH3 is 1. The van der Waals surface area contributed by atoms with Crippen molar-refractivity contribution in [3.63, 3.8) is 0 Å². The summed E-state index contributed by atoms with van der Waals surface area (Å²) in [5.41, 5.74) is 0.734. The number of likely N-dealkylation sites (N-methyl/N-ethyl adjacent to an activating group) is 1. The van der Waals surface area contributed by atoms with Gasteiger partial charge >= 0.3 is 0 Å². The number of benzene rings is 1. The molecule has 1 fully saturated rings. The molecule has 1 aliphatic heterocycles. The van der Waals surface area contributed by atoms with Gasteiger partial charge in [-0.1, -0.05) is 6.07 Å². The van der Waals surface area contributed by atoms with Crippen molar-refractivity contribution in [3.8, 4) is 5.75 Å². The maximum absolute atomic E-state index is 12.2. The zero-order valence-corrected chi connectivity index (χ0v) is 16.0. The van der Waals surface area contributed by atoms with Gasteiger partial charge in [-0.05, 0) is 26.0 Å². The van der Waals surface area contributed by atoms with Crippen LogP contribution in [0.3, 0.4) is 0 Å². The highest BCUT2D eigenvalue weighted by molar-refractivity contribution is 5.92. The van der Waals surface area contributed by atoms with Crippen molar-refractivity contribution in [2.45, 2.75) is 13.8 Å². The molecule has 0 aliphatic carbocycles. The molecule has 26 heavy (non-hydrogen) atoms. The molecule has 2 rings (SSSR count). The van der Waals surface area contributed by atoms with E-state index in [1.54, 1.807) is 13.2 Å². The summed E-state index contributed by atoms with van der Waals surface area (Å²) in [6, 6.07) is 7.33. The number of anilines is 1. The van der Waals surface area contributed by atoms with Gasteiger partial charge in [-0.15, -0.1) is 0 Å². The minimum absolute atomic E-state index is 0.0362. The van der Waals surface area contributed by atoms with E-state index in [4.69, 9.17) is 4.74 Å². The minimum Gasteiger partial charge on any atom is -0.497 e. The molecule has 7 nitrogen and oxygen atoms in total. The Kier molecular flexibility index (Phi) is 7.87. The van der Waals surface area contributed by atoms with Crippen LogP contribution in [0.25, 0.3) is 0 Å². The van der Waals surface area contributed by atoms with Gasteiger partial charge in [0.15, 0.2) is 0 Å². The number of carbonyl (C=O) groups excluding carboxylic acids is 2. The molecule has 2 amide bonds. The SMILES string of the molecule is CCN(CC)C(=O)CN1CCN(CC(=O)Nc2cccc(OC)c2)CC1. The molecule has 1 aliphatic rings. The van der Waals surface area contributed by atoms with Crippen molar-refractivity contribution in [2.75, 3.05) is 64.8 Å². The van der Waals surface area contributed by atoms with E-state index < -0.39 is 0 Å². The van der Waals surface area contributed by atoms with E-state index in [1.165, 1.54) is 0 Å². The number of amides is 2. The molecule has 0 spiro atoms. The fraction of sp³-hybridized carbons (Fsp3) is 0.579. The molecule has 0 bridgehead atoms. The number of ether oxygens (including phenoxy) is 1. The Bertz CT molecular complexity index is 596. The van der Waals surface area contributed by atoms with Crippen molar-refractivity contribution < 1.29 is 14.3 Å².